The molecule has 2 N–H and O–H groups in total. The third-order valence-corrected chi connectivity index (χ3v) is 3.40. The summed E-state index contributed by atoms with van der Waals surface area (Å²) < 4.78 is 0. The maximum Gasteiger partial charge on any atom is 0.326 e. The average Bonchev–Trinajstić information content (AvgIpc) is 2.75. The first-order valence-electron chi connectivity index (χ1n) is 5.89. The summed E-state index contributed by atoms with van der Waals surface area (Å²) in [5, 5.41) is 11.7. The molecule has 0 aromatic heterocycles. The third-order valence-electron chi connectivity index (χ3n) is 3.40. The van der Waals surface area contributed by atoms with Crippen LogP contribution in [-0.2, 0) is 14.4 Å². The van der Waals surface area contributed by atoms with Crippen LogP contribution in [0.1, 0.15) is 25.7 Å². The molecule has 0 saturated carbocycles. The second kappa shape index (κ2) is 4.73. The number of nitrogens with one attached hydrogen (secondary N) is 1. The van der Waals surface area contributed by atoms with E-state index in [4.69, 9.17) is 5.11 Å². The van der Waals surface area contributed by atoms with E-state index in [-0.39, 0.29) is 24.2 Å². The van der Waals surface area contributed by atoms with Gasteiger partial charge in [0.15, 0.2) is 0 Å². The maximum atomic E-state index is 12.1. The smallest absolute Gasteiger partial charge is 0.326 e. The minimum Gasteiger partial charge on any atom is -0.480 e. The van der Waals surface area contributed by atoms with Crippen molar-refractivity contribution in [2.45, 2.75) is 31.7 Å². The van der Waals surface area contributed by atoms with Gasteiger partial charge in [0, 0.05) is 19.5 Å². The Morgan fingerprint density at radius 1 is 1.35 bits per heavy atom. The first-order valence-corrected chi connectivity index (χ1v) is 5.89. The molecule has 0 aromatic carbocycles. The largest absolute Gasteiger partial charge is 0.480 e. The highest BCUT2D eigenvalue weighted by Crippen LogP contribution is 2.22. The molecule has 0 bridgehead atoms. The van der Waals surface area contributed by atoms with E-state index in [9.17, 15) is 14.4 Å². The van der Waals surface area contributed by atoms with E-state index in [1.165, 1.54) is 4.90 Å². The van der Waals surface area contributed by atoms with Crippen molar-refractivity contribution in [3.63, 3.8) is 0 Å². The molecular weight excluding hydrogens is 224 g/mol. The zero-order chi connectivity index (χ0) is 12.4. The molecule has 6 nitrogen and oxygen atoms in total. The molecule has 0 aromatic rings. The van der Waals surface area contributed by atoms with Gasteiger partial charge < -0.3 is 15.3 Å². The Hall–Kier alpha value is -1.59. The Morgan fingerprint density at radius 2 is 2.12 bits per heavy atom. The molecule has 17 heavy (non-hydrogen) atoms. The van der Waals surface area contributed by atoms with Crippen molar-refractivity contribution >= 4 is 17.8 Å². The van der Waals surface area contributed by atoms with Gasteiger partial charge >= 0.3 is 5.97 Å². The topological polar surface area (TPSA) is 86.7 Å². The molecule has 6 heteroatoms. The van der Waals surface area contributed by atoms with E-state index in [1.807, 2.05) is 0 Å². The minimum absolute atomic E-state index is 0.132. The predicted octanol–water partition coefficient (Wildman–Crippen LogP) is -0.412. The van der Waals surface area contributed by atoms with Gasteiger partial charge in [-0.05, 0) is 19.3 Å². The average molecular weight is 240 g/mol. The number of carbonyl (C=O) groups excluding carboxylic acids is 2. The summed E-state index contributed by atoms with van der Waals surface area (Å²) in [6.45, 7) is 0.820. The highest BCUT2D eigenvalue weighted by Gasteiger charge is 2.37. The number of rotatable bonds is 2. The van der Waals surface area contributed by atoms with Gasteiger partial charge in [-0.2, -0.15) is 0 Å². The predicted molar refractivity (Wildman–Crippen MR) is 58.1 cm³/mol. The summed E-state index contributed by atoms with van der Waals surface area (Å²) in [4.78, 5) is 35.7. The number of amides is 2. The summed E-state index contributed by atoms with van der Waals surface area (Å²) in [6.07, 6.45) is 2.36. The first kappa shape index (κ1) is 11.9. The van der Waals surface area contributed by atoms with Crippen molar-refractivity contribution in [1.82, 2.24) is 10.2 Å². The molecule has 2 aliphatic rings. The molecule has 0 radical (unpaired) electrons. The summed E-state index contributed by atoms with van der Waals surface area (Å²) in [6, 6.07) is -0.716. The Kier molecular flexibility index (Phi) is 3.31. The molecule has 2 atom stereocenters. The van der Waals surface area contributed by atoms with Crippen LogP contribution in [0.5, 0.6) is 0 Å². The Bertz CT molecular complexity index is 355. The standard InChI is InChI=1S/C11H16N2O4/c14-9-5-7(6-12-9)10(15)13-4-2-1-3-8(13)11(16)17/h7-8H,1-6H2,(H,12,14)(H,16,17)/t7?,8-/m1/s1. The van der Waals surface area contributed by atoms with Crippen molar-refractivity contribution in [3.8, 4) is 0 Å². The number of piperidine rings is 1. The van der Waals surface area contributed by atoms with Gasteiger partial charge in [0.25, 0.3) is 0 Å². The van der Waals surface area contributed by atoms with Crippen LogP contribution in [-0.4, -0.2) is 46.9 Å². The quantitative estimate of drug-likeness (QED) is 0.687. The fraction of sp³-hybridized carbons (Fsp3) is 0.727. The molecule has 2 heterocycles. The highest BCUT2D eigenvalue weighted by atomic mass is 16.4. The van der Waals surface area contributed by atoms with Crippen LogP contribution in [0.2, 0.25) is 0 Å². The van der Waals surface area contributed by atoms with Gasteiger partial charge in [-0.1, -0.05) is 0 Å². The minimum atomic E-state index is -0.949. The van der Waals surface area contributed by atoms with Gasteiger partial charge in [0.1, 0.15) is 6.04 Å². The Labute approximate surface area is 99.0 Å². The summed E-state index contributed by atoms with van der Waals surface area (Å²) >= 11 is 0. The molecule has 2 aliphatic heterocycles. The van der Waals surface area contributed by atoms with Gasteiger partial charge in [-0.15, -0.1) is 0 Å². The molecule has 94 valence electrons. The molecule has 2 amide bonds. The number of aliphatic carboxylic acids is 1. The maximum absolute atomic E-state index is 12.1. The lowest BCUT2D eigenvalue weighted by Gasteiger charge is -2.34. The van der Waals surface area contributed by atoms with Gasteiger partial charge in [0.2, 0.25) is 11.8 Å². The molecule has 0 spiro atoms. The number of carboxylic acid groups (broad SMARTS) is 1. The van der Waals surface area contributed by atoms with Crippen LogP contribution in [0.15, 0.2) is 0 Å². The van der Waals surface area contributed by atoms with E-state index in [1.54, 1.807) is 0 Å². The van der Waals surface area contributed by atoms with Crippen molar-refractivity contribution in [3.05, 3.63) is 0 Å². The van der Waals surface area contributed by atoms with Crippen LogP contribution in [0, 0.1) is 5.92 Å². The van der Waals surface area contributed by atoms with E-state index < -0.39 is 12.0 Å². The fourth-order valence-corrected chi connectivity index (χ4v) is 2.47. The number of hydrogen-bond donors (Lipinski definition) is 2. The third kappa shape index (κ3) is 2.40. The van der Waals surface area contributed by atoms with Crippen LogP contribution in [0.3, 0.4) is 0 Å². The number of nitrogens with zero attached hydrogens (tertiary/aromatic N) is 1. The lowest BCUT2D eigenvalue weighted by Crippen LogP contribution is -2.50. The SMILES string of the molecule is O=C1CC(C(=O)N2CCCC[C@@H]2C(=O)O)CN1. The van der Waals surface area contributed by atoms with Crippen LogP contribution < -0.4 is 5.32 Å². The zero-order valence-corrected chi connectivity index (χ0v) is 9.52. The lowest BCUT2D eigenvalue weighted by molar-refractivity contribution is -0.153. The zero-order valence-electron chi connectivity index (χ0n) is 9.52. The number of likely N-dealkylation sites (tertiary alicyclic amines) is 1. The van der Waals surface area contributed by atoms with Crippen molar-refractivity contribution in [2.75, 3.05) is 13.1 Å². The van der Waals surface area contributed by atoms with Crippen LogP contribution in [0.25, 0.3) is 0 Å². The second-order valence-electron chi connectivity index (χ2n) is 4.59. The molecule has 2 rings (SSSR count). The number of carboxylic acids is 1. The van der Waals surface area contributed by atoms with E-state index >= 15 is 0 Å². The monoisotopic (exact) mass is 240 g/mol. The van der Waals surface area contributed by atoms with Crippen LogP contribution in [0.4, 0.5) is 0 Å². The first-order chi connectivity index (χ1) is 8.09. The van der Waals surface area contributed by atoms with Crippen molar-refractivity contribution < 1.29 is 19.5 Å². The molecule has 2 fully saturated rings. The number of hydrogen-bond acceptors (Lipinski definition) is 3. The second-order valence-corrected chi connectivity index (χ2v) is 4.59. The van der Waals surface area contributed by atoms with Crippen molar-refractivity contribution in [1.29, 1.82) is 0 Å². The lowest BCUT2D eigenvalue weighted by atomic mass is 9.98. The molecule has 2 saturated heterocycles. The van der Waals surface area contributed by atoms with Crippen LogP contribution >= 0.6 is 0 Å². The summed E-state index contributed by atoms with van der Waals surface area (Å²) in [7, 11) is 0. The van der Waals surface area contributed by atoms with E-state index in [0.29, 0.717) is 19.5 Å². The molecular formula is C11H16N2O4. The number of carbonyl (C=O) groups is 3. The normalized spacial score (nSPS) is 28.9. The Morgan fingerprint density at radius 3 is 2.71 bits per heavy atom. The van der Waals surface area contributed by atoms with E-state index in [0.717, 1.165) is 12.8 Å². The Balaban J connectivity index is 2.06. The van der Waals surface area contributed by atoms with E-state index in [2.05, 4.69) is 5.32 Å². The molecule has 1 unspecified atom stereocenters. The van der Waals surface area contributed by atoms with Gasteiger partial charge in [-0.25, -0.2) is 4.79 Å². The van der Waals surface area contributed by atoms with Gasteiger partial charge in [-0.3, -0.25) is 9.59 Å². The summed E-state index contributed by atoms with van der Waals surface area (Å²) in [5.41, 5.74) is 0. The highest BCUT2D eigenvalue weighted by molar-refractivity contribution is 5.91. The van der Waals surface area contributed by atoms with Crippen molar-refractivity contribution in [2.24, 2.45) is 5.92 Å². The van der Waals surface area contributed by atoms with Gasteiger partial charge in [0.05, 0.1) is 5.92 Å². The summed E-state index contributed by atoms with van der Waals surface area (Å²) in [5.74, 6) is -1.67. The fourth-order valence-electron chi connectivity index (χ4n) is 2.47. The molecule has 0 aliphatic carbocycles.